The van der Waals surface area contributed by atoms with E-state index in [4.69, 9.17) is 9.73 Å². The van der Waals surface area contributed by atoms with E-state index in [0.29, 0.717) is 16.6 Å². The molecule has 1 saturated heterocycles. The molecule has 4 rings (SSSR count). The van der Waals surface area contributed by atoms with Gasteiger partial charge < -0.3 is 14.5 Å². The van der Waals surface area contributed by atoms with Crippen LogP contribution in [-0.4, -0.2) is 49.8 Å². The van der Waals surface area contributed by atoms with E-state index in [2.05, 4.69) is 42.4 Å². The Balaban J connectivity index is 1.66. The number of ether oxygens (including phenoxy) is 1. The average Bonchev–Trinajstić information content (AvgIpc) is 3.32. The van der Waals surface area contributed by atoms with E-state index in [1.165, 1.54) is 17.4 Å². The maximum Gasteiger partial charge on any atom is 0.269 e. The molecule has 0 spiro atoms. The first-order valence-electron chi connectivity index (χ1n) is 10.9. The van der Waals surface area contributed by atoms with Crippen molar-refractivity contribution in [3.8, 4) is 5.75 Å². The summed E-state index contributed by atoms with van der Waals surface area (Å²) < 4.78 is 5.37. The number of fused-ring (bicyclic) bond motifs is 1. The molecule has 2 aliphatic heterocycles. The number of benzene rings is 2. The number of amidine groups is 1. The van der Waals surface area contributed by atoms with Gasteiger partial charge in [0.25, 0.3) is 5.91 Å². The van der Waals surface area contributed by atoms with Gasteiger partial charge in [-0.3, -0.25) is 9.69 Å². The minimum atomic E-state index is -0.0486. The van der Waals surface area contributed by atoms with Crippen LogP contribution in [0.25, 0.3) is 0 Å². The van der Waals surface area contributed by atoms with Gasteiger partial charge in [-0.25, -0.2) is 4.99 Å². The van der Waals surface area contributed by atoms with Gasteiger partial charge in [-0.2, -0.15) is 0 Å². The molecular formula is C25H28N4O2S2. The van der Waals surface area contributed by atoms with Gasteiger partial charge in [0.15, 0.2) is 5.17 Å². The number of hydrogen-bond donors (Lipinski definition) is 0. The Kier molecular flexibility index (Phi) is 7.05. The highest BCUT2D eigenvalue weighted by Gasteiger charge is 2.38. The van der Waals surface area contributed by atoms with E-state index in [0.717, 1.165) is 40.1 Å². The molecule has 33 heavy (non-hydrogen) atoms. The van der Waals surface area contributed by atoms with Gasteiger partial charge in [-0.05, 0) is 62.0 Å². The van der Waals surface area contributed by atoms with E-state index in [9.17, 15) is 4.79 Å². The molecule has 1 fully saturated rings. The van der Waals surface area contributed by atoms with Crippen molar-refractivity contribution >= 4 is 51.7 Å². The third kappa shape index (κ3) is 4.50. The summed E-state index contributed by atoms with van der Waals surface area (Å²) >= 11 is 3.02. The van der Waals surface area contributed by atoms with Crippen molar-refractivity contribution in [2.75, 3.05) is 43.6 Å². The summed E-state index contributed by atoms with van der Waals surface area (Å²) in [6.07, 6.45) is 1.73. The Morgan fingerprint density at radius 3 is 2.48 bits per heavy atom. The first kappa shape index (κ1) is 23.3. The van der Waals surface area contributed by atoms with Gasteiger partial charge in [0.05, 0.1) is 23.5 Å². The van der Waals surface area contributed by atoms with Crippen LogP contribution < -0.4 is 14.5 Å². The van der Waals surface area contributed by atoms with E-state index >= 15 is 0 Å². The smallest absolute Gasteiger partial charge is 0.269 e. The Labute approximate surface area is 204 Å². The summed E-state index contributed by atoms with van der Waals surface area (Å²) in [4.78, 5) is 26.0. The molecule has 2 aliphatic rings. The number of rotatable bonds is 7. The monoisotopic (exact) mass is 480 g/mol. The molecule has 2 aromatic carbocycles. The molecule has 0 atom stereocenters. The molecule has 0 aromatic heterocycles. The number of hydrogen-bond acceptors (Lipinski definition) is 7. The highest BCUT2D eigenvalue weighted by atomic mass is 32.2. The molecule has 6 nitrogen and oxygen atoms in total. The fraction of sp³-hybridized carbons (Fsp3) is 0.280. The molecule has 8 heteroatoms. The second kappa shape index (κ2) is 9.97. The normalized spacial score (nSPS) is 18.8. The van der Waals surface area contributed by atoms with Crippen LogP contribution in [0.5, 0.6) is 5.75 Å². The predicted octanol–water partition coefficient (Wildman–Crippen LogP) is 5.70. The first-order chi connectivity index (χ1) is 16.0. The lowest BCUT2D eigenvalue weighted by molar-refractivity contribution is -0.121. The maximum atomic E-state index is 13.4. The fourth-order valence-corrected chi connectivity index (χ4v) is 6.13. The van der Waals surface area contributed by atoms with Crippen LogP contribution in [-0.2, 0) is 4.79 Å². The highest BCUT2D eigenvalue weighted by molar-refractivity contribution is 8.19. The van der Waals surface area contributed by atoms with Crippen LogP contribution >= 0.6 is 23.5 Å². The van der Waals surface area contributed by atoms with E-state index in [1.807, 2.05) is 37.4 Å². The van der Waals surface area contributed by atoms with E-state index < -0.39 is 0 Å². The molecule has 0 unspecified atom stereocenters. The second-order valence-electron chi connectivity index (χ2n) is 7.52. The Morgan fingerprint density at radius 1 is 1.12 bits per heavy atom. The zero-order valence-electron chi connectivity index (χ0n) is 19.4. The van der Waals surface area contributed by atoms with Gasteiger partial charge in [-0.1, -0.05) is 17.8 Å². The van der Waals surface area contributed by atoms with Crippen LogP contribution in [0.3, 0.4) is 0 Å². The third-order valence-corrected chi connectivity index (χ3v) is 8.04. The maximum absolute atomic E-state index is 13.4. The first-order valence-corrected chi connectivity index (χ1v) is 12.5. The summed E-state index contributed by atoms with van der Waals surface area (Å²) in [5.74, 6) is 0.745. The number of carbonyl (C=O) groups is 1. The van der Waals surface area contributed by atoms with Crippen molar-refractivity contribution in [1.82, 2.24) is 4.90 Å². The lowest BCUT2D eigenvalue weighted by Gasteiger charge is -2.20. The van der Waals surface area contributed by atoms with Gasteiger partial charge in [0.1, 0.15) is 10.7 Å². The number of methoxy groups -OCH3 is 1. The van der Waals surface area contributed by atoms with Crippen LogP contribution in [0.4, 0.5) is 17.1 Å². The molecular weight excluding hydrogens is 452 g/mol. The predicted molar refractivity (Wildman–Crippen MR) is 141 cm³/mol. The summed E-state index contributed by atoms with van der Waals surface area (Å²) in [7, 11) is 3.64. The third-order valence-electron chi connectivity index (χ3n) is 5.61. The largest absolute Gasteiger partial charge is 0.497 e. The Morgan fingerprint density at radius 2 is 1.85 bits per heavy atom. The number of anilines is 2. The van der Waals surface area contributed by atoms with Crippen molar-refractivity contribution in [2.45, 2.75) is 18.7 Å². The lowest BCUT2D eigenvalue weighted by atomic mass is 10.2. The average molecular weight is 481 g/mol. The number of amides is 1. The highest BCUT2D eigenvalue weighted by Crippen LogP contribution is 2.51. The summed E-state index contributed by atoms with van der Waals surface area (Å²) in [6.45, 7) is 10.4. The lowest BCUT2D eigenvalue weighted by Crippen LogP contribution is -2.29. The van der Waals surface area contributed by atoms with Crippen molar-refractivity contribution in [3.63, 3.8) is 0 Å². The minimum absolute atomic E-state index is 0.0486. The van der Waals surface area contributed by atoms with Gasteiger partial charge in [0.2, 0.25) is 0 Å². The Hall–Kier alpha value is -2.84. The van der Waals surface area contributed by atoms with Gasteiger partial charge in [0, 0.05) is 43.3 Å². The topological polar surface area (TPSA) is 48.4 Å². The Bertz CT molecular complexity index is 1120. The zero-order chi connectivity index (χ0) is 23.5. The van der Waals surface area contributed by atoms with E-state index in [-0.39, 0.29) is 5.91 Å². The van der Waals surface area contributed by atoms with Crippen LogP contribution in [0.1, 0.15) is 13.8 Å². The minimum Gasteiger partial charge on any atom is -0.497 e. The SMILES string of the molecule is C=CCN1C(=O)C(=C2Sc3ccc(OC)cc3N2C)SC1=Nc1ccc(N(CC)CC)cc1. The number of nitrogens with zero attached hydrogens (tertiary/aromatic N) is 4. The summed E-state index contributed by atoms with van der Waals surface area (Å²) in [5.41, 5.74) is 3.02. The molecule has 0 N–H and O–H groups in total. The van der Waals surface area contributed by atoms with Crippen LogP contribution in [0.15, 0.2) is 74.9 Å². The molecule has 0 saturated carbocycles. The standard InChI is InChI=1S/C25H28N4O2S2/c1-6-15-29-23(30)22(24-27(4)20-16-19(31-5)13-14-21(20)32-24)33-25(29)26-17-9-11-18(12-10-17)28(7-2)8-3/h6,9-14,16H,1,7-8,15H2,2-5H3. The summed E-state index contributed by atoms with van der Waals surface area (Å²) in [6, 6.07) is 14.1. The van der Waals surface area contributed by atoms with E-state index in [1.54, 1.807) is 29.8 Å². The zero-order valence-corrected chi connectivity index (χ0v) is 21.0. The van der Waals surface area contributed by atoms with Gasteiger partial charge >= 0.3 is 0 Å². The van der Waals surface area contributed by atoms with Crippen LogP contribution in [0.2, 0.25) is 0 Å². The molecule has 172 valence electrons. The molecule has 2 heterocycles. The quantitative estimate of drug-likeness (QED) is 0.374. The van der Waals surface area contributed by atoms with Crippen molar-refractivity contribution in [3.05, 3.63) is 65.1 Å². The number of carbonyl (C=O) groups excluding carboxylic acids is 1. The molecule has 1 amide bonds. The van der Waals surface area contributed by atoms with Crippen molar-refractivity contribution < 1.29 is 9.53 Å². The van der Waals surface area contributed by atoms with Crippen molar-refractivity contribution in [1.29, 1.82) is 0 Å². The number of aliphatic imine (C=N–C) groups is 1. The molecule has 0 radical (unpaired) electrons. The molecule has 0 bridgehead atoms. The fourth-order valence-electron chi connectivity index (χ4n) is 3.80. The second-order valence-corrected chi connectivity index (χ2v) is 9.53. The number of thioether (sulfide) groups is 2. The summed E-state index contributed by atoms with van der Waals surface area (Å²) in [5, 5.41) is 1.57. The molecule has 2 aromatic rings. The van der Waals surface area contributed by atoms with Gasteiger partial charge in [-0.15, -0.1) is 6.58 Å². The van der Waals surface area contributed by atoms with Crippen LogP contribution in [0, 0.1) is 0 Å². The van der Waals surface area contributed by atoms with Crippen molar-refractivity contribution in [2.24, 2.45) is 4.99 Å². The molecule has 0 aliphatic carbocycles.